The van der Waals surface area contributed by atoms with Crippen molar-refractivity contribution in [2.24, 2.45) is 10.3 Å². The predicted octanol–water partition coefficient (Wildman–Crippen LogP) is 0.781. The molecule has 4 aromatic rings. The van der Waals surface area contributed by atoms with Gasteiger partial charge in [0.05, 0.1) is 11.5 Å². The van der Waals surface area contributed by atoms with Crippen molar-refractivity contribution >= 4 is 139 Å². The maximum Gasteiger partial charge on any atom is 0.352 e. The number of thioether (sulfide) groups is 4. The van der Waals surface area contributed by atoms with Gasteiger partial charge in [-0.05, 0) is 25.0 Å². The van der Waals surface area contributed by atoms with E-state index in [1.807, 2.05) is 38.1 Å². The number of nitrogens with zero attached hydrogens (tertiary/aromatic N) is 10. The topological polar surface area (TPSA) is 343 Å². The molecule has 0 aliphatic carbocycles. The summed E-state index contributed by atoms with van der Waals surface area (Å²) in [6.45, 7) is 5.90. The molecule has 434 valence electrons. The first-order valence-electron chi connectivity index (χ1n) is 25.2. The highest BCUT2D eigenvalue weighted by atomic mass is 32.2. The molecule has 2 saturated heterocycles. The van der Waals surface area contributed by atoms with E-state index in [-0.39, 0.29) is 80.9 Å². The third kappa shape index (κ3) is 14.0. The number of amides is 6. The molecule has 2 fully saturated rings. The van der Waals surface area contributed by atoms with Crippen LogP contribution in [0.15, 0.2) is 92.7 Å². The second kappa shape index (κ2) is 27.7. The van der Waals surface area contributed by atoms with Gasteiger partial charge in [0.2, 0.25) is 11.8 Å². The van der Waals surface area contributed by atoms with Crippen molar-refractivity contribution in [3.8, 4) is 0 Å². The minimum atomic E-state index is -1.26. The number of β-lactam (4-membered cyclic amide) rings is 2. The summed E-state index contributed by atoms with van der Waals surface area (Å²) in [5.74, 6) is -2.73. The third-order valence-electron chi connectivity index (χ3n) is 13.1. The van der Waals surface area contributed by atoms with E-state index in [1.165, 1.54) is 81.8 Å². The van der Waals surface area contributed by atoms with E-state index in [1.54, 1.807) is 43.7 Å². The first kappa shape index (κ1) is 60.8. The Hall–Kier alpha value is -7.26. The summed E-state index contributed by atoms with van der Waals surface area (Å²) in [5.41, 5.74) is 14.0. The van der Waals surface area contributed by atoms with Crippen LogP contribution in [0.4, 0.5) is 10.3 Å². The van der Waals surface area contributed by atoms with Gasteiger partial charge in [-0.25, -0.2) is 28.7 Å². The summed E-state index contributed by atoms with van der Waals surface area (Å²) in [5, 5.41) is 35.5. The van der Waals surface area contributed by atoms with Gasteiger partial charge in [-0.3, -0.25) is 38.6 Å². The number of hydrogen-bond donors (Lipinski definition) is 6. The maximum atomic E-state index is 13.4. The summed E-state index contributed by atoms with van der Waals surface area (Å²) in [4.78, 5) is 128. The van der Waals surface area contributed by atoms with Crippen LogP contribution in [0.3, 0.4) is 0 Å². The van der Waals surface area contributed by atoms with Gasteiger partial charge in [-0.2, -0.15) is 23.5 Å². The van der Waals surface area contributed by atoms with Crippen LogP contribution in [0.2, 0.25) is 0 Å². The van der Waals surface area contributed by atoms with Gasteiger partial charge in [0.25, 0.3) is 23.6 Å². The normalized spacial score (nSPS) is 18.7. The van der Waals surface area contributed by atoms with Crippen LogP contribution in [-0.4, -0.2) is 183 Å². The summed E-state index contributed by atoms with van der Waals surface area (Å²) in [6, 6.07) is 5.45. The molecule has 8 N–H and O–H groups in total. The lowest BCUT2D eigenvalue weighted by Crippen LogP contribution is -2.71. The number of oxime groups is 2. The zero-order chi connectivity index (χ0) is 58.8. The molecule has 0 bridgehead atoms. The minimum absolute atomic E-state index is 0.0308. The fourth-order valence-corrected chi connectivity index (χ4v) is 14.8. The molecule has 0 spiro atoms. The van der Waals surface area contributed by atoms with Crippen LogP contribution >= 0.6 is 69.7 Å². The molecule has 82 heavy (non-hydrogen) atoms. The number of carbonyl (C=O) groups excluding carboxylic acids is 6. The number of pyridine rings is 2. The predicted molar refractivity (Wildman–Crippen MR) is 310 cm³/mol. The summed E-state index contributed by atoms with van der Waals surface area (Å²) >= 11 is 7.87. The molecule has 0 saturated carbocycles. The van der Waals surface area contributed by atoms with E-state index < -0.39 is 58.4 Å². The van der Waals surface area contributed by atoms with Gasteiger partial charge in [0.1, 0.15) is 59.8 Å². The Balaban J connectivity index is 0.745. The molecule has 32 heteroatoms. The fraction of sp³-hybridized carbons (Fsp3) is 0.400. The number of rotatable bonds is 27. The number of aromatic nitrogens is 4. The van der Waals surface area contributed by atoms with Crippen molar-refractivity contribution in [3.63, 3.8) is 0 Å². The smallest absolute Gasteiger partial charge is 0.352 e. The Bertz CT molecular complexity index is 3030. The van der Waals surface area contributed by atoms with Crippen molar-refractivity contribution in [2.75, 3.05) is 73.3 Å². The number of hydrogen-bond acceptors (Lipinski definition) is 22. The minimum Gasteiger partial charge on any atom is -0.477 e. The van der Waals surface area contributed by atoms with Gasteiger partial charge < -0.3 is 51.8 Å². The highest BCUT2D eigenvalue weighted by Gasteiger charge is 2.56. The molecule has 0 radical (unpaired) electrons. The van der Waals surface area contributed by atoms with Crippen molar-refractivity contribution in [2.45, 2.75) is 62.9 Å². The molecule has 8 heterocycles. The monoisotopic (exact) mass is 1240 g/mol. The van der Waals surface area contributed by atoms with Crippen molar-refractivity contribution in [3.05, 3.63) is 105 Å². The lowest BCUT2D eigenvalue weighted by Gasteiger charge is -2.49. The second-order valence-corrected chi connectivity index (χ2v) is 24.5. The number of carboxylic acids is 2. The van der Waals surface area contributed by atoms with Crippen LogP contribution in [0.25, 0.3) is 0 Å². The summed E-state index contributed by atoms with van der Waals surface area (Å²) in [7, 11) is 2.53. The van der Waals surface area contributed by atoms with E-state index >= 15 is 0 Å². The number of carboxylic acid groups (broad SMARTS) is 2. The molecule has 4 aromatic heterocycles. The quantitative estimate of drug-likeness (QED) is 0.0158. The number of fused-ring (bicyclic) bond motifs is 2. The fourth-order valence-electron chi connectivity index (χ4n) is 9.06. The highest BCUT2D eigenvalue weighted by molar-refractivity contribution is 8.03. The highest BCUT2D eigenvalue weighted by Crippen LogP contribution is 2.42. The van der Waals surface area contributed by atoms with Crippen molar-refractivity contribution in [1.82, 2.24) is 40.2 Å². The van der Waals surface area contributed by atoms with Gasteiger partial charge >= 0.3 is 11.9 Å². The molecule has 0 aromatic carbocycles. The van der Waals surface area contributed by atoms with E-state index in [2.05, 4.69) is 30.9 Å². The van der Waals surface area contributed by atoms with Gasteiger partial charge in [-0.1, -0.05) is 10.3 Å². The standard InChI is InChI=1S/C50H56N14O12S6/c1-5-61(17-27-7-11-59(12-8-27)19-29-21-79-45-37(43(69)63(45)39(29)47(71)72)55-41(67)35(57-75-3)31-23-81-49(51)53-31)33(65)25-77-15-16-78-26-34(66)62(6-2)18-28-9-13-60(14-10-28)20-30-22-80-46-38(44(70)64(46)40(30)48(73)74)56-42(68)36(58-76-4)32-24-82-50(52)54-32/h7-14,23-24,37-38,45-46H,5-6,15-22,25-26H2,1-4H3,(H6-2,51,52,53,54,55,56,67,68,71,72,73,74)/p+2/t37-,38?,45-,46?/m1/s1. The molecular formula is C50H58N14O12S6+2. The lowest BCUT2D eigenvalue weighted by molar-refractivity contribution is -0.689. The Kier molecular flexibility index (Phi) is 20.5. The zero-order valence-electron chi connectivity index (χ0n) is 44.6. The van der Waals surface area contributed by atoms with Gasteiger partial charge in [-0.15, -0.1) is 46.2 Å². The molecule has 26 nitrogen and oxygen atoms in total. The first-order valence-corrected chi connectivity index (χ1v) is 31.3. The number of nitrogen functional groups attached to an aromatic ring is 2. The lowest BCUT2D eigenvalue weighted by atomic mass is 10.0. The zero-order valence-corrected chi connectivity index (χ0v) is 49.5. The molecule has 4 atom stereocenters. The van der Waals surface area contributed by atoms with Gasteiger partial charge in [0, 0.05) is 95.4 Å². The van der Waals surface area contributed by atoms with E-state index in [9.17, 15) is 48.6 Å². The van der Waals surface area contributed by atoms with Crippen LogP contribution in [0, 0.1) is 0 Å². The number of carbonyl (C=O) groups is 8. The molecule has 6 amide bonds. The summed E-state index contributed by atoms with van der Waals surface area (Å²) in [6.07, 6.45) is 7.19. The number of anilines is 2. The van der Waals surface area contributed by atoms with E-state index in [0.29, 0.717) is 60.3 Å². The van der Waals surface area contributed by atoms with Crippen LogP contribution in [0.1, 0.15) is 36.4 Å². The molecule has 4 aliphatic heterocycles. The van der Waals surface area contributed by atoms with Crippen LogP contribution in [0.5, 0.6) is 0 Å². The van der Waals surface area contributed by atoms with E-state index in [0.717, 1.165) is 33.8 Å². The number of aliphatic carboxylic acids is 2. The largest absolute Gasteiger partial charge is 0.477 e. The average molecular weight is 1240 g/mol. The molecule has 4 aliphatic rings. The molecule has 8 rings (SSSR count). The Morgan fingerprint density at radius 1 is 0.683 bits per heavy atom. The number of thiazole rings is 2. The Morgan fingerprint density at radius 2 is 1.06 bits per heavy atom. The summed E-state index contributed by atoms with van der Waals surface area (Å²) < 4.78 is 3.61. The Labute approximate surface area is 494 Å². The second-order valence-electron chi connectivity index (χ2n) is 18.3. The first-order chi connectivity index (χ1) is 39.4. The SMILES string of the molecule is CCN(Cc1cc[n+](CC2=C(C(=O)O)N3C(=O)C(NC(=O)C(=NOC)c4csc(N)n4)C3SC2)cc1)C(=O)CSCCSCC(=O)N(CC)Cc1cc[n+](CC2=C(C(=O)O)N3C(=O)[C@@H](NC(=O)C(=NOC)c4csc(N)n4)[C@H]3SC2)cc1. The van der Waals surface area contributed by atoms with E-state index in [4.69, 9.17) is 21.1 Å². The Morgan fingerprint density at radius 3 is 1.38 bits per heavy atom. The molecule has 2 unspecified atom stereocenters. The number of nitrogens with one attached hydrogen (secondary N) is 2. The average Bonchev–Trinajstić information content (AvgIpc) is 1.75. The van der Waals surface area contributed by atoms with Crippen molar-refractivity contribution in [1.29, 1.82) is 0 Å². The van der Waals surface area contributed by atoms with Crippen LogP contribution in [-0.2, 0) is 74.2 Å². The molecular weight excluding hydrogens is 1180 g/mol. The third-order valence-corrected chi connectivity index (χ3v) is 19.3. The number of nitrogens with two attached hydrogens (primary N) is 2. The van der Waals surface area contributed by atoms with Crippen molar-refractivity contribution < 1.29 is 67.4 Å². The van der Waals surface area contributed by atoms with Gasteiger partial charge in [0.15, 0.2) is 59.6 Å². The van der Waals surface area contributed by atoms with Crippen LogP contribution < -0.4 is 31.2 Å². The maximum absolute atomic E-state index is 13.4.